The Kier molecular flexibility index (Phi) is 11.9. The minimum absolute atomic E-state index is 0.0820. The predicted octanol–water partition coefficient (Wildman–Crippen LogP) is 0.175. The molecule has 10 unspecified atom stereocenters. The zero-order chi connectivity index (χ0) is 27.1. The molecule has 2 heterocycles. The van der Waals surface area contributed by atoms with Crippen LogP contribution in [0.4, 0.5) is 4.39 Å². The number of hydrogen-bond donors (Lipinski definition) is 7. The lowest BCUT2D eigenvalue weighted by atomic mass is 9.86. The summed E-state index contributed by atoms with van der Waals surface area (Å²) in [6.45, 7) is 2.60. The molecular weight excluding hydrogens is 525 g/mol. The molecule has 1 aromatic carbocycles. The van der Waals surface area contributed by atoms with Gasteiger partial charge < -0.3 is 41.1 Å². The summed E-state index contributed by atoms with van der Waals surface area (Å²) in [6, 6.07) is 4.96. The molecule has 37 heavy (non-hydrogen) atoms. The van der Waals surface area contributed by atoms with Gasteiger partial charge in [-0.15, -0.1) is 23.4 Å². The van der Waals surface area contributed by atoms with Crippen LogP contribution in [0.3, 0.4) is 0 Å². The lowest BCUT2D eigenvalue weighted by Gasteiger charge is -2.37. The second-order valence-corrected chi connectivity index (χ2v) is 11.5. The first-order valence-corrected chi connectivity index (χ1v) is 14.3. The fourth-order valence-electron chi connectivity index (χ4n) is 5.26. The predicted molar refractivity (Wildman–Crippen MR) is 141 cm³/mol. The van der Waals surface area contributed by atoms with Gasteiger partial charge in [-0.05, 0) is 43.7 Å². The first kappa shape index (κ1) is 30.5. The van der Waals surface area contributed by atoms with Crippen LogP contribution in [0.1, 0.15) is 25.3 Å². The zero-order valence-corrected chi connectivity index (χ0v) is 22.7. The van der Waals surface area contributed by atoms with Gasteiger partial charge in [0.05, 0.1) is 36.3 Å². The quantitative estimate of drug-likeness (QED) is 0.140. The molecule has 2 saturated heterocycles. The van der Waals surface area contributed by atoms with Crippen molar-refractivity contribution in [2.75, 3.05) is 26.0 Å². The summed E-state index contributed by atoms with van der Waals surface area (Å²) < 4.78 is 19.3. The number of fused-ring (bicyclic) bond motifs is 1. The molecule has 0 aliphatic carbocycles. The number of hydrogen-bond acceptors (Lipinski definition) is 9. The van der Waals surface area contributed by atoms with Crippen LogP contribution in [-0.2, 0) is 16.1 Å². The van der Waals surface area contributed by atoms with E-state index in [0.717, 1.165) is 30.2 Å². The number of alkyl halides is 1. The lowest BCUT2D eigenvalue weighted by Crippen LogP contribution is -2.59. The minimum Gasteiger partial charge on any atom is -0.394 e. The highest BCUT2D eigenvalue weighted by molar-refractivity contribution is 7.99. The van der Waals surface area contributed by atoms with Gasteiger partial charge in [-0.3, -0.25) is 4.79 Å². The molecular formula is C25H39ClFN3O6S. The molecule has 3 rings (SSSR count). The summed E-state index contributed by atoms with van der Waals surface area (Å²) in [5, 5.41) is 49.7. The van der Waals surface area contributed by atoms with Crippen molar-refractivity contribution < 1.29 is 34.3 Å². The summed E-state index contributed by atoms with van der Waals surface area (Å²) in [7, 11) is 0. The van der Waals surface area contributed by atoms with Crippen LogP contribution in [-0.4, -0.2) is 99.6 Å². The standard InChI is InChI=1S/C25H39ClFN3O6S/c1-13(26)20(19(18(32)12-31)22(33)25(35)37-2)30-24(34)21-23-15(11-29-21)9-17(7-8-36-23)28-10-14-3-5-16(27)6-4-14/h3-6,13,15,17-23,25,28-29,31-33,35H,7-12H2,1-2H3,(H,30,34). The highest BCUT2D eigenvalue weighted by Gasteiger charge is 2.46. The lowest BCUT2D eigenvalue weighted by molar-refractivity contribution is -0.129. The van der Waals surface area contributed by atoms with Crippen molar-refractivity contribution in [3.8, 4) is 0 Å². The number of carbonyl (C=O) groups excluding carboxylic acids is 1. The summed E-state index contributed by atoms with van der Waals surface area (Å²) >= 11 is 7.36. The van der Waals surface area contributed by atoms with Gasteiger partial charge in [-0.25, -0.2) is 4.39 Å². The van der Waals surface area contributed by atoms with Crippen LogP contribution in [0.2, 0.25) is 0 Å². The molecule has 0 aromatic heterocycles. The fraction of sp³-hybridized carbons (Fsp3) is 0.720. The normalized spacial score (nSPS) is 28.9. The number of amides is 1. The van der Waals surface area contributed by atoms with Crippen LogP contribution in [0.5, 0.6) is 0 Å². The molecule has 0 saturated carbocycles. The Balaban J connectivity index is 1.64. The van der Waals surface area contributed by atoms with E-state index in [1.54, 1.807) is 25.3 Å². The van der Waals surface area contributed by atoms with Crippen molar-refractivity contribution in [1.29, 1.82) is 0 Å². The molecule has 210 valence electrons. The summed E-state index contributed by atoms with van der Waals surface area (Å²) in [5.74, 6) is -1.67. The average Bonchev–Trinajstić information content (AvgIpc) is 3.17. The third-order valence-electron chi connectivity index (χ3n) is 7.33. The van der Waals surface area contributed by atoms with E-state index in [0.29, 0.717) is 19.7 Å². The maximum atomic E-state index is 13.4. The Morgan fingerprint density at radius 2 is 2.00 bits per heavy atom. The number of thioether (sulfide) groups is 1. The van der Waals surface area contributed by atoms with Crippen molar-refractivity contribution in [1.82, 2.24) is 16.0 Å². The third-order valence-corrected chi connectivity index (χ3v) is 8.36. The fourth-order valence-corrected chi connectivity index (χ4v) is 5.95. The first-order chi connectivity index (χ1) is 17.7. The Morgan fingerprint density at radius 1 is 1.30 bits per heavy atom. The van der Waals surface area contributed by atoms with Crippen molar-refractivity contribution >= 4 is 29.3 Å². The number of aliphatic hydroxyl groups is 4. The molecule has 0 spiro atoms. The highest BCUT2D eigenvalue weighted by Crippen LogP contribution is 2.30. The topological polar surface area (TPSA) is 143 Å². The Bertz CT molecular complexity index is 856. The smallest absolute Gasteiger partial charge is 0.240 e. The maximum absolute atomic E-state index is 13.4. The van der Waals surface area contributed by atoms with Crippen LogP contribution < -0.4 is 16.0 Å². The van der Waals surface area contributed by atoms with E-state index < -0.39 is 47.6 Å². The molecule has 2 aliphatic heterocycles. The maximum Gasteiger partial charge on any atom is 0.240 e. The van der Waals surface area contributed by atoms with Crippen molar-refractivity contribution in [2.45, 2.75) is 73.6 Å². The largest absolute Gasteiger partial charge is 0.394 e. The van der Waals surface area contributed by atoms with Crippen LogP contribution in [0.25, 0.3) is 0 Å². The second-order valence-electron chi connectivity index (χ2n) is 9.87. The summed E-state index contributed by atoms with van der Waals surface area (Å²) in [5.41, 5.74) is -0.251. The van der Waals surface area contributed by atoms with Gasteiger partial charge >= 0.3 is 0 Å². The number of benzene rings is 1. The Morgan fingerprint density at radius 3 is 2.62 bits per heavy atom. The minimum atomic E-state index is -1.44. The Hall–Kier alpha value is -1.02. The van der Waals surface area contributed by atoms with Crippen molar-refractivity contribution in [3.05, 3.63) is 35.6 Å². The van der Waals surface area contributed by atoms with Gasteiger partial charge in [0, 0.05) is 37.6 Å². The molecule has 2 fully saturated rings. The number of halogens is 2. The summed E-state index contributed by atoms with van der Waals surface area (Å²) in [6.07, 6.45) is -0.0473. The average molecular weight is 564 g/mol. The molecule has 1 amide bonds. The molecule has 0 radical (unpaired) electrons. The van der Waals surface area contributed by atoms with E-state index in [-0.39, 0.29) is 29.8 Å². The number of ether oxygens (including phenoxy) is 1. The molecule has 0 bridgehead atoms. The first-order valence-electron chi connectivity index (χ1n) is 12.6. The Labute approximate surface area is 226 Å². The van der Waals surface area contributed by atoms with Gasteiger partial charge in [0.25, 0.3) is 0 Å². The van der Waals surface area contributed by atoms with Gasteiger partial charge in [0.2, 0.25) is 5.91 Å². The second kappa shape index (κ2) is 14.4. The number of aliphatic hydroxyl groups excluding tert-OH is 4. The molecule has 7 N–H and O–H groups in total. The van der Waals surface area contributed by atoms with E-state index in [4.69, 9.17) is 16.3 Å². The highest BCUT2D eigenvalue weighted by atomic mass is 35.5. The molecule has 2 aliphatic rings. The van der Waals surface area contributed by atoms with E-state index in [1.807, 2.05) is 0 Å². The number of carbonyl (C=O) groups is 1. The zero-order valence-electron chi connectivity index (χ0n) is 21.1. The SMILES string of the molecule is CSC(O)C(O)C(C(O)CO)C(NC(=O)C1NCC2CC(NCc3ccc(F)cc3)CCOC21)C(C)Cl. The van der Waals surface area contributed by atoms with Crippen LogP contribution in [0, 0.1) is 17.7 Å². The van der Waals surface area contributed by atoms with E-state index in [1.165, 1.54) is 12.1 Å². The van der Waals surface area contributed by atoms with Gasteiger partial charge in [0.1, 0.15) is 17.3 Å². The van der Waals surface area contributed by atoms with E-state index in [9.17, 15) is 29.6 Å². The molecule has 9 nitrogen and oxygen atoms in total. The van der Waals surface area contributed by atoms with Crippen molar-refractivity contribution in [2.24, 2.45) is 11.8 Å². The van der Waals surface area contributed by atoms with Gasteiger partial charge in [-0.1, -0.05) is 12.1 Å². The monoisotopic (exact) mass is 563 g/mol. The van der Waals surface area contributed by atoms with Crippen LogP contribution in [0.15, 0.2) is 24.3 Å². The molecule has 1 aromatic rings. The third kappa shape index (κ3) is 8.00. The van der Waals surface area contributed by atoms with E-state index >= 15 is 0 Å². The molecule has 10 atom stereocenters. The number of rotatable bonds is 12. The van der Waals surface area contributed by atoms with Crippen LogP contribution >= 0.6 is 23.4 Å². The number of nitrogens with one attached hydrogen (secondary N) is 3. The summed E-state index contributed by atoms with van der Waals surface area (Å²) in [4.78, 5) is 13.4. The van der Waals surface area contributed by atoms with Gasteiger partial charge in [0.15, 0.2) is 0 Å². The van der Waals surface area contributed by atoms with E-state index in [2.05, 4.69) is 16.0 Å². The van der Waals surface area contributed by atoms with Gasteiger partial charge in [-0.2, -0.15) is 0 Å². The molecule has 12 heteroatoms. The van der Waals surface area contributed by atoms with Crippen molar-refractivity contribution in [3.63, 3.8) is 0 Å².